The molecule has 0 fully saturated rings. The first kappa shape index (κ1) is 12.6. The summed E-state index contributed by atoms with van der Waals surface area (Å²) in [6.07, 6.45) is 0.680. The summed E-state index contributed by atoms with van der Waals surface area (Å²) >= 11 is 5.92. The Balaban J connectivity index is 2.50. The number of carbonyl (C=O) groups excluding carboxylic acids is 1. The van der Waals surface area contributed by atoms with Crippen molar-refractivity contribution in [2.45, 2.75) is 26.4 Å². The largest absolute Gasteiger partial charge is 0.443 e. The van der Waals surface area contributed by atoms with Crippen LogP contribution in [-0.4, -0.2) is 31.2 Å². The van der Waals surface area contributed by atoms with Crippen molar-refractivity contribution in [1.82, 2.24) is 19.5 Å². The van der Waals surface area contributed by atoms with Gasteiger partial charge in [0.15, 0.2) is 10.8 Å². The van der Waals surface area contributed by atoms with Crippen LogP contribution in [0, 0.1) is 0 Å². The predicted octanol–water partition coefficient (Wildman–Crippen LogP) is 1.85. The molecule has 2 rings (SSSR count). The molecule has 2 aromatic rings. The number of halogens is 1. The molecule has 2 N–H and O–H groups in total. The van der Waals surface area contributed by atoms with Crippen LogP contribution in [0.3, 0.4) is 0 Å². The predicted molar refractivity (Wildman–Crippen MR) is 66.4 cm³/mol. The number of anilines is 1. The monoisotopic (exact) mass is 269 g/mol. The minimum Gasteiger partial charge on any atom is -0.443 e. The van der Waals surface area contributed by atoms with Crippen molar-refractivity contribution >= 4 is 34.8 Å². The Labute approximate surface area is 108 Å². The molecule has 0 aliphatic heterocycles. The maximum absolute atomic E-state index is 11.9. The maximum Gasteiger partial charge on any atom is 0.420 e. The Bertz CT molecular complexity index is 616. The number of hydrogen-bond donors (Lipinski definition) is 1. The van der Waals surface area contributed by atoms with Crippen LogP contribution in [0.4, 0.5) is 10.7 Å². The first-order valence-electron chi connectivity index (χ1n) is 5.17. The van der Waals surface area contributed by atoms with E-state index in [1.807, 2.05) is 0 Å². The van der Waals surface area contributed by atoms with E-state index in [1.54, 1.807) is 20.8 Å². The van der Waals surface area contributed by atoms with Crippen LogP contribution in [0.25, 0.3) is 11.2 Å². The second kappa shape index (κ2) is 4.09. The van der Waals surface area contributed by atoms with Crippen molar-refractivity contribution < 1.29 is 9.53 Å². The fourth-order valence-electron chi connectivity index (χ4n) is 1.35. The lowest BCUT2D eigenvalue weighted by molar-refractivity contribution is 0.0543. The Hall–Kier alpha value is -1.89. The molecule has 2 aromatic heterocycles. The molecule has 0 aromatic carbocycles. The molecule has 0 aliphatic carbocycles. The number of carbonyl (C=O) groups is 1. The van der Waals surface area contributed by atoms with E-state index < -0.39 is 11.7 Å². The number of nitrogens with two attached hydrogens (primary N) is 1. The maximum atomic E-state index is 11.9. The molecule has 7 nitrogen and oxygen atoms in total. The molecule has 2 heterocycles. The fourth-order valence-corrected chi connectivity index (χ4v) is 1.61. The van der Waals surface area contributed by atoms with Gasteiger partial charge in [0.05, 0.1) is 0 Å². The number of aromatic nitrogens is 4. The van der Waals surface area contributed by atoms with Crippen LogP contribution < -0.4 is 5.73 Å². The molecule has 0 amide bonds. The van der Waals surface area contributed by atoms with Gasteiger partial charge in [-0.25, -0.2) is 14.3 Å². The average molecular weight is 270 g/mol. The van der Waals surface area contributed by atoms with Crippen LogP contribution in [0.2, 0.25) is 5.15 Å². The Morgan fingerprint density at radius 3 is 2.72 bits per heavy atom. The van der Waals surface area contributed by atoms with Gasteiger partial charge in [-0.15, -0.1) is 0 Å². The molecular formula is C10H12ClN5O2. The minimum atomic E-state index is -0.616. The number of fused-ring (bicyclic) bond motifs is 1. The van der Waals surface area contributed by atoms with Crippen molar-refractivity contribution in [2.24, 2.45) is 0 Å². The third kappa shape index (κ3) is 2.35. The van der Waals surface area contributed by atoms with Crippen LogP contribution in [-0.2, 0) is 4.74 Å². The summed E-state index contributed by atoms with van der Waals surface area (Å²) in [7, 11) is 0. The van der Waals surface area contributed by atoms with Gasteiger partial charge in [-0.05, 0) is 20.8 Å². The molecule has 0 unspecified atom stereocenters. The lowest BCUT2D eigenvalue weighted by Crippen LogP contribution is -2.26. The first-order chi connectivity index (χ1) is 8.28. The zero-order chi connectivity index (χ0) is 13.5. The molecule has 0 saturated heterocycles. The van der Waals surface area contributed by atoms with E-state index in [2.05, 4.69) is 15.0 Å². The highest BCUT2D eigenvalue weighted by atomic mass is 35.5. The van der Waals surface area contributed by atoms with Crippen LogP contribution >= 0.6 is 11.6 Å². The highest BCUT2D eigenvalue weighted by Gasteiger charge is 2.21. The van der Waals surface area contributed by atoms with Crippen molar-refractivity contribution in [3.8, 4) is 0 Å². The molecular weight excluding hydrogens is 258 g/mol. The zero-order valence-electron chi connectivity index (χ0n) is 10.1. The molecule has 96 valence electrons. The van der Waals surface area contributed by atoms with Crippen molar-refractivity contribution in [1.29, 1.82) is 0 Å². The number of nitrogen functional groups attached to an aromatic ring is 1. The highest BCUT2D eigenvalue weighted by Crippen LogP contribution is 2.21. The summed E-state index contributed by atoms with van der Waals surface area (Å²) < 4.78 is 6.37. The summed E-state index contributed by atoms with van der Waals surface area (Å²) in [5.74, 6) is 0.00180. The van der Waals surface area contributed by atoms with Gasteiger partial charge in [-0.3, -0.25) is 0 Å². The van der Waals surface area contributed by atoms with Gasteiger partial charge in [-0.2, -0.15) is 9.97 Å². The topological polar surface area (TPSA) is 95.9 Å². The van der Waals surface area contributed by atoms with E-state index >= 15 is 0 Å². The Kier molecular flexibility index (Phi) is 2.86. The van der Waals surface area contributed by atoms with Crippen molar-refractivity contribution in [2.75, 3.05) is 5.73 Å². The van der Waals surface area contributed by atoms with Gasteiger partial charge in [0, 0.05) is 0 Å². The smallest absolute Gasteiger partial charge is 0.420 e. The van der Waals surface area contributed by atoms with Gasteiger partial charge in [0.25, 0.3) is 0 Å². The SMILES string of the molecule is CC(C)(C)OC(=O)n1cnc2nc(N)nc(Cl)c21. The third-order valence-electron chi connectivity index (χ3n) is 1.97. The molecule has 0 saturated carbocycles. The molecule has 18 heavy (non-hydrogen) atoms. The number of ether oxygens (including phenoxy) is 1. The number of nitrogens with zero attached hydrogens (tertiary/aromatic N) is 4. The third-order valence-corrected chi connectivity index (χ3v) is 2.23. The normalized spacial score (nSPS) is 11.8. The average Bonchev–Trinajstić information content (AvgIpc) is 2.58. The van der Waals surface area contributed by atoms with Crippen LogP contribution in [0.1, 0.15) is 20.8 Å². The lowest BCUT2D eigenvalue weighted by atomic mass is 10.2. The molecule has 0 atom stereocenters. The van der Waals surface area contributed by atoms with Crippen LogP contribution in [0.15, 0.2) is 6.33 Å². The molecule has 0 radical (unpaired) electrons. The van der Waals surface area contributed by atoms with Crippen molar-refractivity contribution in [3.63, 3.8) is 0 Å². The summed E-state index contributed by atoms with van der Waals surface area (Å²) in [5.41, 5.74) is 5.35. The van der Waals surface area contributed by atoms with Gasteiger partial charge in [0.1, 0.15) is 17.4 Å². The molecule has 0 spiro atoms. The fraction of sp³-hybridized carbons (Fsp3) is 0.400. The van der Waals surface area contributed by atoms with E-state index in [1.165, 1.54) is 6.33 Å². The minimum absolute atomic E-state index is 0.00180. The van der Waals surface area contributed by atoms with E-state index in [-0.39, 0.29) is 22.3 Å². The van der Waals surface area contributed by atoms with E-state index in [4.69, 9.17) is 22.1 Å². The summed E-state index contributed by atoms with van der Waals surface area (Å²) in [6, 6.07) is 0. The van der Waals surface area contributed by atoms with E-state index in [0.717, 1.165) is 4.57 Å². The summed E-state index contributed by atoms with van der Waals surface area (Å²) in [5, 5.41) is 0.0564. The van der Waals surface area contributed by atoms with Gasteiger partial charge in [0.2, 0.25) is 5.95 Å². The van der Waals surface area contributed by atoms with E-state index in [9.17, 15) is 4.79 Å². The zero-order valence-corrected chi connectivity index (χ0v) is 10.9. The summed E-state index contributed by atoms with van der Waals surface area (Å²) in [6.45, 7) is 5.29. The van der Waals surface area contributed by atoms with Crippen LogP contribution in [0.5, 0.6) is 0 Å². The second-order valence-electron chi connectivity index (χ2n) is 4.64. The Morgan fingerprint density at radius 2 is 2.11 bits per heavy atom. The number of hydrogen-bond acceptors (Lipinski definition) is 6. The lowest BCUT2D eigenvalue weighted by Gasteiger charge is -2.19. The summed E-state index contributed by atoms with van der Waals surface area (Å²) in [4.78, 5) is 23.5. The Morgan fingerprint density at radius 1 is 1.44 bits per heavy atom. The standard InChI is InChI=1S/C10H12ClN5O2/c1-10(2,3)18-9(17)16-4-13-7-5(16)6(11)14-8(12)15-7/h4H,1-3H3,(H2,12,14,15). The van der Waals surface area contributed by atoms with Gasteiger partial charge in [-0.1, -0.05) is 11.6 Å². The molecule has 0 bridgehead atoms. The number of rotatable bonds is 0. The van der Waals surface area contributed by atoms with Crippen molar-refractivity contribution in [3.05, 3.63) is 11.5 Å². The first-order valence-corrected chi connectivity index (χ1v) is 5.55. The van der Waals surface area contributed by atoms with E-state index in [0.29, 0.717) is 0 Å². The highest BCUT2D eigenvalue weighted by molar-refractivity contribution is 6.34. The molecule has 0 aliphatic rings. The second-order valence-corrected chi connectivity index (χ2v) is 5.00. The molecule has 8 heteroatoms. The van der Waals surface area contributed by atoms with Gasteiger partial charge < -0.3 is 10.5 Å². The quantitative estimate of drug-likeness (QED) is 0.733. The number of imidazole rings is 1. The van der Waals surface area contributed by atoms with Gasteiger partial charge >= 0.3 is 6.09 Å².